The second-order valence-corrected chi connectivity index (χ2v) is 7.84. The Bertz CT molecular complexity index is 1130. The SMILES string of the molecule is COC(=O)CNC(=O)/C(=C\c1ccc(-c2ccccc2Cl)s1)NC(=O)c1ccccc1. The molecule has 3 rings (SSSR count). The largest absolute Gasteiger partial charge is 0.468 e. The zero-order valence-electron chi connectivity index (χ0n) is 16.6. The van der Waals surface area contributed by atoms with E-state index in [9.17, 15) is 14.4 Å². The quantitative estimate of drug-likeness (QED) is 0.415. The molecule has 0 unspecified atom stereocenters. The van der Waals surface area contributed by atoms with E-state index < -0.39 is 17.8 Å². The third kappa shape index (κ3) is 6.04. The smallest absolute Gasteiger partial charge is 0.325 e. The molecule has 0 saturated carbocycles. The van der Waals surface area contributed by atoms with Gasteiger partial charge in [-0.2, -0.15) is 0 Å². The summed E-state index contributed by atoms with van der Waals surface area (Å²) in [4.78, 5) is 38.2. The number of amides is 2. The van der Waals surface area contributed by atoms with Gasteiger partial charge in [-0.25, -0.2) is 0 Å². The lowest BCUT2D eigenvalue weighted by atomic mass is 10.2. The fourth-order valence-corrected chi connectivity index (χ4v) is 3.93. The summed E-state index contributed by atoms with van der Waals surface area (Å²) < 4.78 is 4.54. The fraction of sp³-hybridized carbons (Fsp3) is 0.0870. The number of thiophene rings is 1. The maximum Gasteiger partial charge on any atom is 0.325 e. The Kier molecular flexibility index (Phi) is 7.59. The van der Waals surface area contributed by atoms with Crippen LogP contribution in [0.1, 0.15) is 15.2 Å². The zero-order chi connectivity index (χ0) is 22.2. The van der Waals surface area contributed by atoms with Crippen LogP contribution in [-0.2, 0) is 14.3 Å². The second kappa shape index (κ2) is 10.6. The van der Waals surface area contributed by atoms with Gasteiger partial charge in [0.2, 0.25) is 0 Å². The number of nitrogens with one attached hydrogen (secondary N) is 2. The third-order valence-electron chi connectivity index (χ3n) is 4.20. The van der Waals surface area contributed by atoms with Crippen LogP contribution in [0.2, 0.25) is 5.02 Å². The summed E-state index contributed by atoms with van der Waals surface area (Å²) in [5, 5.41) is 5.69. The van der Waals surface area contributed by atoms with Gasteiger partial charge in [-0.15, -0.1) is 11.3 Å². The number of esters is 1. The van der Waals surface area contributed by atoms with Crippen molar-refractivity contribution in [3.63, 3.8) is 0 Å². The molecule has 1 aromatic heterocycles. The van der Waals surface area contributed by atoms with Gasteiger partial charge < -0.3 is 15.4 Å². The molecule has 0 aliphatic rings. The van der Waals surface area contributed by atoms with Crippen molar-refractivity contribution in [2.75, 3.05) is 13.7 Å². The monoisotopic (exact) mass is 454 g/mol. The van der Waals surface area contributed by atoms with Gasteiger partial charge in [-0.1, -0.05) is 48.0 Å². The van der Waals surface area contributed by atoms with Gasteiger partial charge in [0.25, 0.3) is 11.8 Å². The van der Waals surface area contributed by atoms with E-state index in [0.717, 1.165) is 15.3 Å². The number of benzene rings is 2. The highest BCUT2D eigenvalue weighted by Gasteiger charge is 2.16. The van der Waals surface area contributed by atoms with Crippen LogP contribution in [0.25, 0.3) is 16.5 Å². The molecule has 0 spiro atoms. The van der Waals surface area contributed by atoms with Crippen LogP contribution < -0.4 is 10.6 Å². The van der Waals surface area contributed by atoms with Crippen molar-refractivity contribution < 1.29 is 19.1 Å². The van der Waals surface area contributed by atoms with Gasteiger partial charge in [0.1, 0.15) is 12.2 Å². The number of rotatable bonds is 7. The summed E-state index contributed by atoms with van der Waals surface area (Å²) in [7, 11) is 1.23. The van der Waals surface area contributed by atoms with Gasteiger partial charge in [0, 0.05) is 25.9 Å². The van der Waals surface area contributed by atoms with Crippen LogP contribution in [-0.4, -0.2) is 31.4 Å². The molecular weight excluding hydrogens is 436 g/mol. The molecule has 158 valence electrons. The first-order chi connectivity index (χ1) is 15.0. The van der Waals surface area contributed by atoms with E-state index in [4.69, 9.17) is 11.6 Å². The maximum absolute atomic E-state index is 12.6. The standard InChI is InChI=1S/C23H19ClN2O4S/c1-30-21(27)14-25-23(29)19(26-22(28)15-7-3-2-4-8-15)13-16-11-12-20(31-16)17-9-5-6-10-18(17)24/h2-13H,14H2,1H3,(H,25,29)(H,26,28)/b19-13+. The number of carbonyl (C=O) groups is 3. The minimum atomic E-state index is -0.609. The van der Waals surface area contributed by atoms with Crippen molar-refractivity contribution in [2.45, 2.75) is 0 Å². The van der Waals surface area contributed by atoms with Crippen LogP contribution in [0.5, 0.6) is 0 Å². The third-order valence-corrected chi connectivity index (χ3v) is 5.60. The first-order valence-corrected chi connectivity index (χ1v) is 10.4. The second-order valence-electron chi connectivity index (χ2n) is 6.32. The van der Waals surface area contributed by atoms with Crippen LogP contribution >= 0.6 is 22.9 Å². The molecule has 2 amide bonds. The molecule has 31 heavy (non-hydrogen) atoms. The molecule has 8 heteroatoms. The lowest BCUT2D eigenvalue weighted by Gasteiger charge is -2.10. The highest BCUT2D eigenvalue weighted by molar-refractivity contribution is 7.16. The lowest BCUT2D eigenvalue weighted by molar-refractivity contribution is -0.140. The highest BCUT2D eigenvalue weighted by Crippen LogP contribution is 2.33. The minimum Gasteiger partial charge on any atom is -0.468 e. The molecule has 0 radical (unpaired) electrons. The van der Waals surface area contributed by atoms with Crippen molar-refractivity contribution in [3.8, 4) is 10.4 Å². The van der Waals surface area contributed by atoms with Crippen LogP contribution in [0.4, 0.5) is 0 Å². The van der Waals surface area contributed by atoms with Crippen LogP contribution in [0.15, 0.2) is 72.4 Å². The molecule has 0 bridgehead atoms. The molecule has 6 nitrogen and oxygen atoms in total. The molecular formula is C23H19ClN2O4S. The summed E-state index contributed by atoms with van der Waals surface area (Å²) in [6, 6.07) is 19.7. The molecule has 2 aromatic carbocycles. The van der Waals surface area contributed by atoms with Crippen molar-refractivity contribution in [3.05, 3.63) is 87.9 Å². The number of halogens is 1. The summed E-state index contributed by atoms with van der Waals surface area (Å²) >= 11 is 7.69. The van der Waals surface area contributed by atoms with Gasteiger partial charge in [-0.05, 0) is 36.4 Å². The highest BCUT2D eigenvalue weighted by atomic mass is 35.5. The number of ether oxygens (including phenoxy) is 1. The number of hydrogen-bond acceptors (Lipinski definition) is 5. The topological polar surface area (TPSA) is 84.5 Å². The summed E-state index contributed by atoms with van der Waals surface area (Å²) in [6.07, 6.45) is 1.55. The number of carbonyl (C=O) groups excluding carboxylic acids is 3. The Balaban J connectivity index is 1.87. The molecule has 0 atom stereocenters. The Morgan fingerprint density at radius 3 is 2.42 bits per heavy atom. The average molecular weight is 455 g/mol. The molecule has 0 aliphatic carbocycles. The van der Waals surface area contributed by atoms with E-state index in [-0.39, 0.29) is 12.2 Å². The van der Waals surface area contributed by atoms with Crippen molar-refractivity contribution in [1.82, 2.24) is 10.6 Å². The predicted molar refractivity (Wildman–Crippen MR) is 122 cm³/mol. The summed E-state index contributed by atoms with van der Waals surface area (Å²) in [5.74, 6) is -1.65. The van der Waals surface area contributed by atoms with Gasteiger partial charge in [0.15, 0.2) is 0 Å². The average Bonchev–Trinajstić information content (AvgIpc) is 3.25. The molecule has 3 aromatic rings. The fourth-order valence-electron chi connectivity index (χ4n) is 2.64. The van der Waals surface area contributed by atoms with E-state index in [2.05, 4.69) is 15.4 Å². The van der Waals surface area contributed by atoms with Gasteiger partial charge >= 0.3 is 5.97 Å². The first-order valence-electron chi connectivity index (χ1n) is 9.26. The summed E-state index contributed by atoms with van der Waals surface area (Å²) in [6.45, 7) is -0.316. The zero-order valence-corrected chi connectivity index (χ0v) is 18.1. The van der Waals surface area contributed by atoms with Crippen molar-refractivity contribution in [2.24, 2.45) is 0 Å². The molecule has 2 N–H and O–H groups in total. The minimum absolute atomic E-state index is 0.00492. The van der Waals surface area contributed by atoms with Gasteiger partial charge in [0.05, 0.1) is 7.11 Å². The lowest BCUT2D eigenvalue weighted by Crippen LogP contribution is -2.37. The Morgan fingerprint density at radius 1 is 1.00 bits per heavy atom. The molecule has 0 saturated heterocycles. The molecule has 0 aliphatic heterocycles. The Hall–Kier alpha value is -3.42. The maximum atomic E-state index is 12.6. The summed E-state index contributed by atoms with van der Waals surface area (Å²) in [5.41, 5.74) is 1.28. The van der Waals surface area contributed by atoms with E-state index in [1.165, 1.54) is 18.4 Å². The van der Waals surface area contributed by atoms with Crippen molar-refractivity contribution in [1.29, 1.82) is 0 Å². The van der Waals surface area contributed by atoms with E-state index >= 15 is 0 Å². The first kappa shape index (κ1) is 22.3. The Labute approximate surface area is 188 Å². The van der Waals surface area contributed by atoms with E-state index in [0.29, 0.717) is 10.6 Å². The van der Waals surface area contributed by atoms with E-state index in [1.807, 2.05) is 30.3 Å². The van der Waals surface area contributed by atoms with Gasteiger partial charge in [-0.3, -0.25) is 14.4 Å². The number of methoxy groups -OCH3 is 1. The predicted octanol–water partition coefficient (Wildman–Crippen LogP) is 4.13. The molecule has 1 heterocycles. The normalized spacial score (nSPS) is 11.0. The number of hydrogen-bond donors (Lipinski definition) is 2. The van der Waals surface area contributed by atoms with E-state index in [1.54, 1.807) is 42.5 Å². The van der Waals surface area contributed by atoms with Crippen LogP contribution in [0, 0.1) is 0 Å². The Morgan fingerprint density at radius 2 is 1.71 bits per heavy atom. The van der Waals surface area contributed by atoms with Crippen LogP contribution in [0.3, 0.4) is 0 Å². The molecule has 0 fully saturated rings. The van der Waals surface area contributed by atoms with Crippen molar-refractivity contribution >= 4 is 46.8 Å².